The number of alkyl halides is 3. The molecule has 0 bridgehead atoms. The zero-order chi connectivity index (χ0) is 20.9. The lowest BCUT2D eigenvalue weighted by molar-refractivity contribution is -0.274. The lowest BCUT2D eigenvalue weighted by Gasteiger charge is -2.37. The van der Waals surface area contributed by atoms with E-state index in [9.17, 15) is 22.8 Å². The van der Waals surface area contributed by atoms with Crippen molar-refractivity contribution in [3.05, 3.63) is 29.8 Å². The molecular weight excluding hydrogens is 375 g/mol. The summed E-state index contributed by atoms with van der Waals surface area (Å²) in [6.07, 6.45) is -4.70. The van der Waals surface area contributed by atoms with Gasteiger partial charge in [0, 0.05) is 39.6 Å². The Morgan fingerprint density at radius 2 is 1.68 bits per heavy atom. The van der Waals surface area contributed by atoms with Crippen LogP contribution in [0.4, 0.5) is 13.2 Å². The Labute approximate surface area is 162 Å². The highest BCUT2D eigenvalue weighted by Gasteiger charge is 2.31. The summed E-state index contributed by atoms with van der Waals surface area (Å²) in [5.41, 5.74) is 0.868. The van der Waals surface area contributed by atoms with Crippen molar-refractivity contribution >= 4 is 11.8 Å². The molecule has 1 heterocycles. The number of ether oxygens (including phenoxy) is 1. The molecule has 0 aliphatic carbocycles. The van der Waals surface area contributed by atoms with Gasteiger partial charge in [0.05, 0.1) is 0 Å². The molecule has 1 N–H and O–H groups in total. The van der Waals surface area contributed by atoms with E-state index in [0.29, 0.717) is 32.7 Å². The van der Waals surface area contributed by atoms with Gasteiger partial charge in [-0.05, 0) is 23.6 Å². The minimum atomic E-state index is -4.70. The number of amides is 2. The number of benzene rings is 1. The van der Waals surface area contributed by atoms with Gasteiger partial charge in [-0.3, -0.25) is 14.5 Å². The van der Waals surface area contributed by atoms with Crippen LogP contribution < -0.4 is 10.1 Å². The average molecular weight is 401 g/mol. The number of hydrogen-bond acceptors (Lipinski definition) is 4. The van der Waals surface area contributed by atoms with Gasteiger partial charge in [-0.1, -0.05) is 26.0 Å². The molecule has 0 saturated carbocycles. The summed E-state index contributed by atoms with van der Waals surface area (Å²) >= 11 is 0. The Morgan fingerprint density at radius 3 is 2.14 bits per heavy atom. The van der Waals surface area contributed by atoms with Crippen LogP contribution in [0.15, 0.2) is 24.3 Å². The first-order valence-electron chi connectivity index (χ1n) is 9.18. The van der Waals surface area contributed by atoms with Crippen molar-refractivity contribution in [1.82, 2.24) is 15.1 Å². The van der Waals surface area contributed by atoms with E-state index in [4.69, 9.17) is 0 Å². The first kappa shape index (κ1) is 22.0. The van der Waals surface area contributed by atoms with Crippen LogP contribution in [0, 0.1) is 5.92 Å². The summed E-state index contributed by atoms with van der Waals surface area (Å²) in [4.78, 5) is 27.9. The zero-order valence-electron chi connectivity index (χ0n) is 16.3. The molecule has 2 amide bonds. The highest BCUT2D eigenvalue weighted by atomic mass is 19.4. The summed E-state index contributed by atoms with van der Waals surface area (Å²) in [6.45, 7) is 8.13. The molecule has 1 unspecified atom stereocenters. The SMILES string of the molecule is CC(=O)NC(C(=O)N1CCN(Cc2ccc(OC(F)(F)F)cc2)CC1)C(C)C. The Hall–Kier alpha value is -2.29. The van der Waals surface area contributed by atoms with Gasteiger partial charge >= 0.3 is 6.36 Å². The molecule has 28 heavy (non-hydrogen) atoms. The standard InChI is InChI=1S/C19H26F3N3O3/c1-13(2)17(23-14(3)26)18(27)25-10-8-24(9-11-25)12-15-4-6-16(7-5-15)28-19(20,21)22/h4-7,13,17H,8-12H2,1-3H3,(H,23,26). The maximum atomic E-state index is 12.7. The quantitative estimate of drug-likeness (QED) is 0.795. The van der Waals surface area contributed by atoms with Crippen LogP contribution in [0.2, 0.25) is 0 Å². The molecule has 1 aliphatic heterocycles. The van der Waals surface area contributed by atoms with Gasteiger partial charge in [0.1, 0.15) is 11.8 Å². The second kappa shape index (κ2) is 9.27. The summed E-state index contributed by atoms with van der Waals surface area (Å²) in [6, 6.07) is 5.26. The van der Waals surface area contributed by atoms with Gasteiger partial charge in [-0.25, -0.2) is 0 Å². The number of nitrogens with one attached hydrogen (secondary N) is 1. The summed E-state index contributed by atoms with van der Waals surface area (Å²) in [5, 5.41) is 2.71. The van der Waals surface area contributed by atoms with E-state index in [-0.39, 0.29) is 23.5 Å². The molecule has 1 aromatic carbocycles. The van der Waals surface area contributed by atoms with Crippen LogP contribution in [-0.4, -0.2) is 60.2 Å². The topological polar surface area (TPSA) is 61.9 Å². The van der Waals surface area contributed by atoms with Crippen molar-refractivity contribution in [3.8, 4) is 5.75 Å². The molecular formula is C19H26F3N3O3. The van der Waals surface area contributed by atoms with Gasteiger partial charge in [0.2, 0.25) is 11.8 Å². The fourth-order valence-corrected chi connectivity index (χ4v) is 3.11. The third-order valence-electron chi connectivity index (χ3n) is 4.54. The minimum Gasteiger partial charge on any atom is -0.406 e. The minimum absolute atomic E-state index is 0.00754. The Bertz CT molecular complexity index is 669. The molecule has 1 saturated heterocycles. The van der Waals surface area contributed by atoms with E-state index in [1.54, 1.807) is 17.0 Å². The smallest absolute Gasteiger partial charge is 0.406 e. The van der Waals surface area contributed by atoms with Crippen molar-refractivity contribution < 1.29 is 27.5 Å². The van der Waals surface area contributed by atoms with E-state index in [1.807, 2.05) is 13.8 Å². The van der Waals surface area contributed by atoms with Crippen LogP contribution in [-0.2, 0) is 16.1 Å². The number of nitrogens with zero attached hydrogens (tertiary/aromatic N) is 2. The van der Waals surface area contributed by atoms with E-state index in [2.05, 4.69) is 15.0 Å². The van der Waals surface area contributed by atoms with Gasteiger partial charge in [0.25, 0.3) is 0 Å². The van der Waals surface area contributed by atoms with Crippen LogP contribution in [0.5, 0.6) is 5.75 Å². The first-order chi connectivity index (χ1) is 13.0. The predicted molar refractivity (Wildman–Crippen MR) is 97.4 cm³/mol. The van der Waals surface area contributed by atoms with Crippen LogP contribution in [0.1, 0.15) is 26.3 Å². The van der Waals surface area contributed by atoms with Crippen molar-refractivity contribution in [1.29, 1.82) is 0 Å². The molecule has 1 aromatic rings. The van der Waals surface area contributed by atoms with Crippen LogP contribution >= 0.6 is 0 Å². The largest absolute Gasteiger partial charge is 0.573 e. The zero-order valence-corrected chi connectivity index (χ0v) is 16.3. The normalized spacial score (nSPS) is 16.8. The second-order valence-electron chi connectivity index (χ2n) is 7.22. The van der Waals surface area contributed by atoms with Gasteiger partial charge in [-0.15, -0.1) is 13.2 Å². The molecule has 1 aliphatic rings. The maximum absolute atomic E-state index is 12.7. The average Bonchev–Trinajstić information content (AvgIpc) is 2.60. The number of carbonyl (C=O) groups excluding carboxylic acids is 2. The van der Waals surface area contributed by atoms with Crippen molar-refractivity contribution in [2.24, 2.45) is 5.92 Å². The number of rotatable bonds is 6. The fourth-order valence-electron chi connectivity index (χ4n) is 3.11. The van der Waals surface area contributed by atoms with Crippen molar-refractivity contribution in [2.75, 3.05) is 26.2 Å². The third kappa shape index (κ3) is 6.70. The van der Waals surface area contributed by atoms with Crippen LogP contribution in [0.25, 0.3) is 0 Å². The number of piperazine rings is 1. The van der Waals surface area contributed by atoms with E-state index in [0.717, 1.165) is 5.56 Å². The van der Waals surface area contributed by atoms with Gasteiger partial charge in [0.15, 0.2) is 0 Å². The Morgan fingerprint density at radius 1 is 1.11 bits per heavy atom. The summed E-state index contributed by atoms with van der Waals surface area (Å²) in [7, 11) is 0. The van der Waals surface area contributed by atoms with Crippen molar-refractivity contribution in [3.63, 3.8) is 0 Å². The van der Waals surface area contributed by atoms with E-state index >= 15 is 0 Å². The summed E-state index contributed by atoms with van der Waals surface area (Å²) in [5.74, 6) is -0.571. The maximum Gasteiger partial charge on any atom is 0.573 e. The molecule has 156 valence electrons. The lowest BCUT2D eigenvalue weighted by Crippen LogP contribution is -2.56. The van der Waals surface area contributed by atoms with Gasteiger partial charge < -0.3 is 15.0 Å². The number of hydrogen-bond donors (Lipinski definition) is 1. The van der Waals surface area contributed by atoms with Gasteiger partial charge in [-0.2, -0.15) is 0 Å². The molecule has 1 atom stereocenters. The molecule has 0 spiro atoms. The molecule has 0 aromatic heterocycles. The number of halogens is 3. The molecule has 2 rings (SSSR count). The first-order valence-corrected chi connectivity index (χ1v) is 9.18. The second-order valence-corrected chi connectivity index (χ2v) is 7.22. The third-order valence-corrected chi connectivity index (χ3v) is 4.54. The highest BCUT2D eigenvalue weighted by molar-refractivity contribution is 5.87. The molecule has 0 radical (unpaired) electrons. The number of carbonyl (C=O) groups is 2. The van der Waals surface area contributed by atoms with E-state index < -0.39 is 12.4 Å². The van der Waals surface area contributed by atoms with Crippen LogP contribution in [0.3, 0.4) is 0 Å². The molecule has 9 heteroatoms. The molecule has 1 fully saturated rings. The predicted octanol–water partition coefficient (Wildman–Crippen LogP) is 2.39. The van der Waals surface area contributed by atoms with Crippen molar-refractivity contribution in [2.45, 2.75) is 39.7 Å². The Kier molecular flexibility index (Phi) is 7.29. The fraction of sp³-hybridized carbons (Fsp3) is 0.579. The monoisotopic (exact) mass is 401 g/mol. The lowest BCUT2D eigenvalue weighted by atomic mass is 10.0. The molecule has 6 nitrogen and oxygen atoms in total. The highest BCUT2D eigenvalue weighted by Crippen LogP contribution is 2.23. The summed E-state index contributed by atoms with van der Waals surface area (Å²) < 4.78 is 40.5. The van der Waals surface area contributed by atoms with E-state index in [1.165, 1.54) is 19.1 Å². The Balaban J connectivity index is 1.86.